The zero-order chi connectivity index (χ0) is 14.3. The molecule has 5 nitrogen and oxygen atoms in total. The summed E-state index contributed by atoms with van der Waals surface area (Å²) in [6.45, 7) is 5.40. The van der Waals surface area contributed by atoms with Gasteiger partial charge in [0.25, 0.3) is 0 Å². The molecule has 1 aromatic heterocycles. The summed E-state index contributed by atoms with van der Waals surface area (Å²) in [7, 11) is 0. The van der Waals surface area contributed by atoms with E-state index in [0.29, 0.717) is 17.6 Å². The Balaban J connectivity index is 2.14. The first-order valence-corrected chi connectivity index (χ1v) is 6.83. The number of aryl methyl sites for hydroxylation is 1. The third-order valence-corrected chi connectivity index (χ3v) is 3.98. The second-order valence-corrected chi connectivity index (χ2v) is 5.63. The maximum Gasteiger partial charge on any atom is 0.337 e. The highest BCUT2D eigenvalue weighted by molar-refractivity contribution is 6.01. The Morgan fingerprint density at radius 1 is 1.55 bits per heavy atom. The molecule has 20 heavy (non-hydrogen) atoms. The number of ether oxygens (including phenoxy) is 1. The van der Waals surface area contributed by atoms with E-state index in [9.17, 15) is 9.90 Å². The zero-order valence-corrected chi connectivity index (χ0v) is 11.7. The molecule has 1 atom stereocenters. The summed E-state index contributed by atoms with van der Waals surface area (Å²) < 4.78 is 7.80. The molecule has 0 radical (unpaired) electrons. The van der Waals surface area contributed by atoms with Crippen molar-refractivity contribution in [3.63, 3.8) is 0 Å². The molecule has 1 aromatic carbocycles. The lowest BCUT2D eigenvalue weighted by Gasteiger charge is -2.25. The van der Waals surface area contributed by atoms with Gasteiger partial charge in [-0.1, -0.05) is 6.07 Å². The van der Waals surface area contributed by atoms with Crippen molar-refractivity contribution in [3.05, 3.63) is 29.6 Å². The normalized spacial score (nSPS) is 22.5. The van der Waals surface area contributed by atoms with Crippen molar-refractivity contribution >= 4 is 17.0 Å². The molecular weight excluding hydrogens is 256 g/mol. The van der Waals surface area contributed by atoms with Crippen LogP contribution in [0.3, 0.4) is 0 Å². The van der Waals surface area contributed by atoms with E-state index in [4.69, 9.17) is 4.74 Å². The highest BCUT2D eigenvalue weighted by atomic mass is 16.5. The summed E-state index contributed by atoms with van der Waals surface area (Å²) in [4.78, 5) is 15.9. The lowest BCUT2D eigenvalue weighted by molar-refractivity contribution is 0.00659. The fourth-order valence-corrected chi connectivity index (χ4v) is 2.96. The summed E-state index contributed by atoms with van der Waals surface area (Å²) >= 11 is 0. The Morgan fingerprint density at radius 2 is 2.35 bits per heavy atom. The number of hydrogen-bond acceptors (Lipinski definition) is 3. The van der Waals surface area contributed by atoms with E-state index in [0.717, 1.165) is 30.8 Å². The maximum absolute atomic E-state index is 11.4. The first-order chi connectivity index (χ1) is 9.50. The predicted octanol–water partition coefficient (Wildman–Crippen LogP) is 2.61. The Bertz CT molecular complexity index is 669. The van der Waals surface area contributed by atoms with E-state index in [-0.39, 0.29) is 5.60 Å². The van der Waals surface area contributed by atoms with Gasteiger partial charge in [-0.05, 0) is 38.8 Å². The number of carbonyl (C=O) groups is 1. The van der Waals surface area contributed by atoms with Gasteiger partial charge in [-0.25, -0.2) is 9.78 Å². The molecule has 1 unspecified atom stereocenters. The number of aromatic carboxylic acids is 1. The molecule has 2 aromatic rings. The molecule has 5 heteroatoms. The van der Waals surface area contributed by atoms with Crippen molar-refractivity contribution < 1.29 is 14.6 Å². The molecule has 0 saturated carbocycles. The van der Waals surface area contributed by atoms with E-state index >= 15 is 0 Å². The second-order valence-electron chi connectivity index (χ2n) is 5.63. The Morgan fingerprint density at radius 3 is 3.00 bits per heavy atom. The lowest BCUT2D eigenvalue weighted by atomic mass is 10.0. The van der Waals surface area contributed by atoms with Gasteiger partial charge in [-0.15, -0.1) is 0 Å². The van der Waals surface area contributed by atoms with Crippen LogP contribution in [0.25, 0.3) is 11.0 Å². The van der Waals surface area contributed by atoms with Gasteiger partial charge < -0.3 is 14.4 Å². The van der Waals surface area contributed by atoms with E-state index in [1.807, 2.05) is 17.6 Å². The Hall–Kier alpha value is -1.88. The van der Waals surface area contributed by atoms with Crippen LogP contribution >= 0.6 is 0 Å². The number of carboxylic acids is 1. The number of hydrogen-bond donors (Lipinski definition) is 1. The van der Waals surface area contributed by atoms with Crippen molar-refractivity contribution in [2.45, 2.75) is 38.8 Å². The molecule has 0 spiro atoms. The minimum atomic E-state index is -0.922. The summed E-state index contributed by atoms with van der Waals surface area (Å²) in [6, 6.07) is 5.21. The van der Waals surface area contributed by atoms with Crippen LogP contribution in [0.15, 0.2) is 18.2 Å². The first-order valence-electron chi connectivity index (χ1n) is 6.83. The van der Waals surface area contributed by atoms with E-state index in [1.165, 1.54) is 0 Å². The second kappa shape index (κ2) is 4.59. The van der Waals surface area contributed by atoms with Crippen LogP contribution < -0.4 is 0 Å². The van der Waals surface area contributed by atoms with Gasteiger partial charge in [0.05, 0.1) is 28.7 Å². The topological polar surface area (TPSA) is 64.3 Å². The number of para-hydroxylation sites is 1. The Labute approximate surface area is 117 Å². The van der Waals surface area contributed by atoms with Gasteiger partial charge in [0.2, 0.25) is 0 Å². The minimum Gasteiger partial charge on any atom is -0.478 e. The molecule has 3 rings (SSSR count). The van der Waals surface area contributed by atoms with Gasteiger partial charge in [-0.3, -0.25) is 0 Å². The number of imidazole rings is 1. The summed E-state index contributed by atoms with van der Waals surface area (Å²) in [5.41, 5.74) is 1.48. The monoisotopic (exact) mass is 274 g/mol. The number of rotatable bonds is 3. The van der Waals surface area contributed by atoms with Crippen molar-refractivity contribution in [2.24, 2.45) is 0 Å². The predicted molar refractivity (Wildman–Crippen MR) is 75.0 cm³/mol. The largest absolute Gasteiger partial charge is 0.478 e. The van der Waals surface area contributed by atoms with Crippen molar-refractivity contribution in [2.75, 3.05) is 6.61 Å². The average Bonchev–Trinajstić information content (AvgIpc) is 2.95. The average molecular weight is 274 g/mol. The first kappa shape index (κ1) is 13.1. The van der Waals surface area contributed by atoms with Gasteiger partial charge >= 0.3 is 5.97 Å². The third-order valence-electron chi connectivity index (χ3n) is 3.98. The third kappa shape index (κ3) is 2.08. The fourth-order valence-electron chi connectivity index (χ4n) is 2.96. The number of benzene rings is 1. The van der Waals surface area contributed by atoms with Crippen LogP contribution in [0.5, 0.6) is 0 Å². The zero-order valence-electron chi connectivity index (χ0n) is 11.7. The molecule has 0 amide bonds. The van der Waals surface area contributed by atoms with Crippen LogP contribution in [0.2, 0.25) is 0 Å². The van der Waals surface area contributed by atoms with Crippen LogP contribution in [0.1, 0.15) is 35.9 Å². The molecule has 0 aliphatic carbocycles. The molecule has 1 saturated heterocycles. The SMILES string of the molecule is Cc1nc2cccc(C(=O)O)c2n1CC1(C)CCCO1. The molecule has 2 heterocycles. The number of fused-ring (bicyclic) bond motifs is 1. The minimum absolute atomic E-state index is 0.232. The van der Waals surface area contributed by atoms with Crippen LogP contribution in [-0.4, -0.2) is 32.8 Å². The molecule has 106 valence electrons. The lowest BCUT2D eigenvalue weighted by Crippen LogP contribution is -2.30. The molecular formula is C15H18N2O3. The van der Waals surface area contributed by atoms with Gasteiger partial charge in [-0.2, -0.15) is 0 Å². The van der Waals surface area contributed by atoms with Crippen molar-refractivity contribution in [1.29, 1.82) is 0 Å². The fraction of sp³-hybridized carbons (Fsp3) is 0.467. The van der Waals surface area contributed by atoms with E-state index < -0.39 is 5.97 Å². The maximum atomic E-state index is 11.4. The summed E-state index contributed by atoms with van der Waals surface area (Å²) in [5.74, 6) is -0.0975. The molecule has 1 N–H and O–H groups in total. The van der Waals surface area contributed by atoms with E-state index in [1.54, 1.807) is 12.1 Å². The molecule has 1 fully saturated rings. The molecule has 1 aliphatic rings. The summed E-state index contributed by atoms with van der Waals surface area (Å²) in [6.07, 6.45) is 2.04. The highest BCUT2D eigenvalue weighted by Gasteiger charge is 2.31. The standard InChI is InChI=1S/C15H18N2O3/c1-10-16-12-6-3-5-11(14(18)19)13(12)17(10)9-15(2)7-4-8-20-15/h3,5-6H,4,7-9H2,1-2H3,(H,18,19). The van der Waals surface area contributed by atoms with Gasteiger partial charge in [0, 0.05) is 6.61 Å². The van der Waals surface area contributed by atoms with Crippen LogP contribution in [-0.2, 0) is 11.3 Å². The van der Waals surface area contributed by atoms with E-state index in [2.05, 4.69) is 11.9 Å². The molecule has 0 bridgehead atoms. The number of carboxylic acid groups (broad SMARTS) is 1. The molecule has 1 aliphatic heterocycles. The van der Waals surface area contributed by atoms with Gasteiger partial charge in [0.1, 0.15) is 5.82 Å². The van der Waals surface area contributed by atoms with Crippen molar-refractivity contribution in [3.8, 4) is 0 Å². The highest BCUT2D eigenvalue weighted by Crippen LogP contribution is 2.30. The smallest absolute Gasteiger partial charge is 0.337 e. The Kier molecular flexibility index (Phi) is 3.01. The van der Waals surface area contributed by atoms with Gasteiger partial charge in [0.15, 0.2) is 0 Å². The van der Waals surface area contributed by atoms with Crippen molar-refractivity contribution in [1.82, 2.24) is 9.55 Å². The number of aromatic nitrogens is 2. The van der Waals surface area contributed by atoms with Crippen LogP contribution in [0, 0.1) is 6.92 Å². The summed E-state index contributed by atoms with van der Waals surface area (Å²) in [5, 5.41) is 9.37. The number of nitrogens with zero attached hydrogens (tertiary/aromatic N) is 2. The quantitative estimate of drug-likeness (QED) is 0.934. The van der Waals surface area contributed by atoms with Crippen LogP contribution in [0.4, 0.5) is 0 Å².